The van der Waals surface area contributed by atoms with Crippen molar-refractivity contribution in [2.75, 3.05) is 0 Å². The van der Waals surface area contributed by atoms with Crippen LogP contribution >= 0.6 is 0 Å². The van der Waals surface area contributed by atoms with Gasteiger partial charge in [-0.15, -0.1) is 0 Å². The Hall–Kier alpha value is -2.88. The van der Waals surface area contributed by atoms with Crippen LogP contribution in [0.4, 0.5) is 0 Å². The van der Waals surface area contributed by atoms with Crippen LogP contribution in [0, 0.1) is 12.8 Å². The zero-order valence-electron chi connectivity index (χ0n) is 20.8. The highest BCUT2D eigenvalue weighted by Crippen LogP contribution is 2.33. The summed E-state index contributed by atoms with van der Waals surface area (Å²) >= 11 is 0. The molecule has 1 saturated carbocycles. The first-order valence-electron chi connectivity index (χ1n) is 13.3. The molecular weight excluding hydrogens is 416 g/mol. The third-order valence-corrected chi connectivity index (χ3v) is 7.59. The van der Waals surface area contributed by atoms with E-state index in [0.717, 1.165) is 36.4 Å². The van der Waals surface area contributed by atoms with Gasteiger partial charge in [0, 0.05) is 18.7 Å². The Labute approximate surface area is 204 Å². The summed E-state index contributed by atoms with van der Waals surface area (Å²) in [6.45, 7) is 6.45. The van der Waals surface area contributed by atoms with Gasteiger partial charge in [-0.2, -0.15) is 0 Å². The van der Waals surface area contributed by atoms with Crippen molar-refractivity contribution < 1.29 is 0 Å². The standard InChI is InChI=1S/C30H38N4/c1-3-4-5-11-18-33-23(2)31-21-29(33)30-32-20-28(34(30)22-24-12-7-6-8-13-24)27-17-16-25-14-9-10-15-26(25)19-27/h9-10,14-17,19-21,24H,3-8,11-13,18,22H2,1-2H3. The zero-order chi connectivity index (χ0) is 23.3. The van der Waals surface area contributed by atoms with Crippen LogP contribution in [-0.2, 0) is 13.1 Å². The van der Waals surface area contributed by atoms with Crippen molar-refractivity contribution in [2.45, 2.75) is 84.7 Å². The van der Waals surface area contributed by atoms with E-state index in [9.17, 15) is 0 Å². The Balaban J connectivity index is 1.54. The van der Waals surface area contributed by atoms with Gasteiger partial charge in [0.25, 0.3) is 0 Å². The summed E-state index contributed by atoms with van der Waals surface area (Å²) in [6, 6.07) is 15.4. The smallest absolute Gasteiger partial charge is 0.158 e. The third kappa shape index (κ3) is 4.82. The number of aryl methyl sites for hydroxylation is 1. The van der Waals surface area contributed by atoms with Crippen molar-refractivity contribution in [3.8, 4) is 22.8 Å². The van der Waals surface area contributed by atoms with Crippen LogP contribution in [0.15, 0.2) is 54.9 Å². The number of hydrogen-bond acceptors (Lipinski definition) is 2. The fraction of sp³-hybridized carbons (Fsp3) is 0.467. The highest BCUT2D eigenvalue weighted by molar-refractivity contribution is 5.87. The molecule has 0 bridgehead atoms. The van der Waals surface area contributed by atoms with Crippen LogP contribution in [0.1, 0.15) is 70.5 Å². The number of imidazole rings is 2. The molecule has 0 aliphatic heterocycles. The third-order valence-electron chi connectivity index (χ3n) is 7.59. The molecule has 2 aromatic carbocycles. The lowest BCUT2D eigenvalue weighted by molar-refractivity contribution is 0.321. The second-order valence-corrected chi connectivity index (χ2v) is 10.0. The first-order chi connectivity index (χ1) is 16.7. The van der Waals surface area contributed by atoms with Gasteiger partial charge in [0.05, 0.1) is 18.1 Å². The van der Waals surface area contributed by atoms with Gasteiger partial charge in [-0.3, -0.25) is 0 Å². The molecule has 4 nitrogen and oxygen atoms in total. The largest absolute Gasteiger partial charge is 0.326 e. The molecule has 2 aromatic heterocycles. The van der Waals surface area contributed by atoms with Crippen molar-refractivity contribution in [1.82, 2.24) is 19.1 Å². The quantitative estimate of drug-likeness (QED) is 0.240. The fourth-order valence-corrected chi connectivity index (χ4v) is 5.60. The molecule has 0 atom stereocenters. The first kappa shape index (κ1) is 22.9. The van der Waals surface area contributed by atoms with Gasteiger partial charge in [-0.1, -0.05) is 81.8 Å². The van der Waals surface area contributed by atoms with Gasteiger partial charge >= 0.3 is 0 Å². The monoisotopic (exact) mass is 454 g/mol. The van der Waals surface area contributed by atoms with E-state index in [1.54, 1.807) is 0 Å². The molecule has 178 valence electrons. The van der Waals surface area contributed by atoms with Gasteiger partial charge in [0.1, 0.15) is 11.5 Å². The lowest BCUT2D eigenvalue weighted by atomic mass is 9.89. The van der Waals surface area contributed by atoms with E-state index in [0.29, 0.717) is 0 Å². The van der Waals surface area contributed by atoms with Crippen LogP contribution in [0.2, 0.25) is 0 Å². The molecule has 4 heteroatoms. The SMILES string of the molecule is CCCCCCn1c(-c2ncc(-c3ccc4ccccc4c3)n2CC2CCCCC2)cnc1C. The van der Waals surface area contributed by atoms with Gasteiger partial charge in [0.15, 0.2) is 5.82 Å². The maximum atomic E-state index is 5.03. The van der Waals surface area contributed by atoms with E-state index >= 15 is 0 Å². The number of hydrogen-bond donors (Lipinski definition) is 0. The Morgan fingerprint density at radius 3 is 2.44 bits per heavy atom. The predicted octanol–water partition coefficient (Wildman–Crippen LogP) is 8.04. The lowest BCUT2D eigenvalue weighted by Gasteiger charge is -2.24. The van der Waals surface area contributed by atoms with Gasteiger partial charge in [-0.05, 0) is 48.9 Å². The van der Waals surface area contributed by atoms with Crippen LogP contribution < -0.4 is 0 Å². The molecule has 1 aliphatic rings. The zero-order valence-corrected chi connectivity index (χ0v) is 20.8. The normalized spacial score (nSPS) is 14.8. The maximum absolute atomic E-state index is 5.03. The lowest BCUT2D eigenvalue weighted by Crippen LogP contribution is -2.16. The molecule has 5 rings (SSSR count). The molecule has 0 saturated heterocycles. The number of benzene rings is 2. The molecule has 34 heavy (non-hydrogen) atoms. The number of unbranched alkanes of at least 4 members (excludes halogenated alkanes) is 3. The van der Waals surface area contributed by atoms with Crippen molar-refractivity contribution in [3.63, 3.8) is 0 Å². The van der Waals surface area contributed by atoms with Gasteiger partial charge in [-0.25, -0.2) is 9.97 Å². The summed E-state index contributed by atoms with van der Waals surface area (Å²) in [5.74, 6) is 2.89. The average molecular weight is 455 g/mol. The Kier molecular flexibility index (Phi) is 7.13. The number of nitrogens with zero attached hydrogens (tertiary/aromatic N) is 4. The molecule has 2 heterocycles. The van der Waals surface area contributed by atoms with E-state index in [-0.39, 0.29) is 0 Å². The van der Waals surface area contributed by atoms with E-state index in [2.05, 4.69) is 71.6 Å². The van der Waals surface area contributed by atoms with Crippen molar-refractivity contribution in [2.24, 2.45) is 5.92 Å². The van der Waals surface area contributed by atoms with Crippen LogP contribution in [-0.4, -0.2) is 19.1 Å². The summed E-state index contributed by atoms with van der Waals surface area (Å²) < 4.78 is 4.89. The summed E-state index contributed by atoms with van der Waals surface area (Å²) in [5, 5.41) is 2.56. The molecule has 1 aliphatic carbocycles. The molecule has 0 N–H and O–H groups in total. The number of fused-ring (bicyclic) bond motifs is 1. The molecule has 0 spiro atoms. The van der Waals surface area contributed by atoms with Crippen molar-refractivity contribution in [1.29, 1.82) is 0 Å². The Morgan fingerprint density at radius 1 is 0.824 bits per heavy atom. The van der Waals surface area contributed by atoms with Crippen molar-refractivity contribution in [3.05, 3.63) is 60.7 Å². The molecule has 0 radical (unpaired) electrons. The molecule has 1 fully saturated rings. The van der Waals surface area contributed by atoms with E-state index < -0.39 is 0 Å². The minimum Gasteiger partial charge on any atom is -0.326 e. The predicted molar refractivity (Wildman–Crippen MR) is 142 cm³/mol. The summed E-state index contributed by atoms with van der Waals surface area (Å²) in [5.41, 5.74) is 3.64. The minimum atomic E-state index is 0.725. The molecule has 4 aromatic rings. The molecular formula is C30H38N4. The summed E-state index contributed by atoms with van der Waals surface area (Å²) in [4.78, 5) is 9.74. The van der Waals surface area contributed by atoms with Crippen LogP contribution in [0.5, 0.6) is 0 Å². The average Bonchev–Trinajstić information content (AvgIpc) is 3.45. The van der Waals surface area contributed by atoms with E-state index in [4.69, 9.17) is 9.97 Å². The first-order valence-corrected chi connectivity index (χ1v) is 13.3. The summed E-state index contributed by atoms with van der Waals surface area (Å²) in [7, 11) is 0. The maximum Gasteiger partial charge on any atom is 0.158 e. The topological polar surface area (TPSA) is 35.6 Å². The number of rotatable bonds is 9. The van der Waals surface area contributed by atoms with Crippen LogP contribution in [0.3, 0.4) is 0 Å². The minimum absolute atomic E-state index is 0.725. The van der Waals surface area contributed by atoms with Gasteiger partial charge < -0.3 is 9.13 Å². The highest BCUT2D eigenvalue weighted by Gasteiger charge is 2.22. The van der Waals surface area contributed by atoms with E-state index in [1.165, 1.54) is 79.8 Å². The Bertz CT molecular complexity index is 1230. The summed E-state index contributed by atoms with van der Waals surface area (Å²) in [6.07, 6.45) is 15.9. The van der Waals surface area contributed by atoms with Crippen LogP contribution in [0.25, 0.3) is 33.5 Å². The highest BCUT2D eigenvalue weighted by atomic mass is 15.2. The second kappa shape index (κ2) is 10.6. The second-order valence-electron chi connectivity index (χ2n) is 10.0. The van der Waals surface area contributed by atoms with E-state index in [1.807, 2.05) is 6.20 Å². The molecule has 0 amide bonds. The van der Waals surface area contributed by atoms with Gasteiger partial charge in [0.2, 0.25) is 0 Å². The molecule has 0 unspecified atom stereocenters. The number of aromatic nitrogens is 4. The van der Waals surface area contributed by atoms with Crippen molar-refractivity contribution >= 4 is 10.8 Å². The fourth-order valence-electron chi connectivity index (χ4n) is 5.60. The Morgan fingerprint density at radius 2 is 1.62 bits per heavy atom.